The number of hydrazine groups is 1. The summed E-state index contributed by atoms with van der Waals surface area (Å²) in [6.45, 7) is 4.80. The molecule has 31 heavy (non-hydrogen) atoms. The summed E-state index contributed by atoms with van der Waals surface area (Å²) in [6.07, 6.45) is 0. The van der Waals surface area contributed by atoms with Gasteiger partial charge < -0.3 is 9.47 Å². The van der Waals surface area contributed by atoms with Gasteiger partial charge >= 0.3 is 0 Å². The molecular weight excluding hydrogens is 446 g/mol. The van der Waals surface area contributed by atoms with Gasteiger partial charge in [0.05, 0.1) is 7.11 Å². The molecule has 0 fully saturated rings. The monoisotopic (exact) mass is 469 g/mol. The molecule has 0 aliphatic carbocycles. The Labute approximate surface area is 186 Å². The number of aryl methyl sites for hydroxylation is 1. The molecule has 3 N–H and O–H groups in total. The van der Waals surface area contributed by atoms with Gasteiger partial charge in [0.1, 0.15) is 16.4 Å². The van der Waals surface area contributed by atoms with Gasteiger partial charge in [-0.3, -0.25) is 20.4 Å². The van der Waals surface area contributed by atoms with Crippen LogP contribution in [0, 0.1) is 6.92 Å². The van der Waals surface area contributed by atoms with Crippen molar-refractivity contribution < 1.29 is 27.5 Å². The summed E-state index contributed by atoms with van der Waals surface area (Å²) < 4.78 is 37.9. The molecule has 0 saturated carbocycles. The van der Waals surface area contributed by atoms with Crippen molar-refractivity contribution in [2.75, 3.05) is 13.7 Å². The molecule has 2 rings (SSSR count). The maximum absolute atomic E-state index is 12.5. The molecule has 0 saturated heterocycles. The summed E-state index contributed by atoms with van der Waals surface area (Å²) in [7, 11) is -2.58. The summed E-state index contributed by atoms with van der Waals surface area (Å²) in [6, 6.07) is 8.49. The van der Waals surface area contributed by atoms with E-state index in [1.807, 2.05) is 0 Å². The SMILES string of the molecule is COc1ccc(C(=O)NNC(=O)COc2ccc(Cl)c(C)c2)cc1S(=O)(=O)NC(C)C. The second kappa shape index (κ2) is 10.5. The van der Waals surface area contributed by atoms with Crippen LogP contribution in [-0.2, 0) is 14.8 Å². The Morgan fingerprint density at radius 3 is 2.42 bits per heavy atom. The van der Waals surface area contributed by atoms with Gasteiger partial charge in [-0.1, -0.05) is 11.6 Å². The number of halogens is 1. The Morgan fingerprint density at radius 2 is 1.81 bits per heavy atom. The Balaban J connectivity index is 2.02. The zero-order valence-electron chi connectivity index (χ0n) is 17.5. The first kappa shape index (κ1) is 24.4. The van der Waals surface area contributed by atoms with Crippen LogP contribution in [0.15, 0.2) is 41.3 Å². The lowest BCUT2D eigenvalue weighted by Gasteiger charge is -2.14. The van der Waals surface area contributed by atoms with E-state index < -0.39 is 21.8 Å². The highest BCUT2D eigenvalue weighted by Crippen LogP contribution is 2.25. The van der Waals surface area contributed by atoms with Crippen LogP contribution < -0.4 is 25.0 Å². The highest BCUT2D eigenvalue weighted by atomic mass is 35.5. The molecule has 0 unspecified atom stereocenters. The third-order valence-corrected chi connectivity index (χ3v) is 6.02. The van der Waals surface area contributed by atoms with E-state index in [-0.39, 0.29) is 28.9 Å². The van der Waals surface area contributed by atoms with E-state index in [9.17, 15) is 18.0 Å². The molecule has 0 aromatic heterocycles. The molecule has 0 aliphatic heterocycles. The summed E-state index contributed by atoms with van der Waals surface area (Å²) >= 11 is 5.94. The van der Waals surface area contributed by atoms with Crippen LogP contribution in [-0.4, -0.2) is 40.0 Å². The fourth-order valence-corrected chi connectivity index (χ4v) is 4.06. The van der Waals surface area contributed by atoms with Gasteiger partial charge in [0.2, 0.25) is 10.0 Å². The number of nitrogens with one attached hydrogen (secondary N) is 3. The van der Waals surface area contributed by atoms with Crippen molar-refractivity contribution in [1.82, 2.24) is 15.6 Å². The maximum Gasteiger partial charge on any atom is 0.276 e. The number of carbonyl (C=O) groups is 2. The van der Waals surface area contributed by atoms with Crippen molar-refractivity contribution >= 4 is 33.4 Å². The molecule has 9 nitrogen and oxygen atoms in total. The number of sulfonamides is 1. The van der Waals surface area contributed by atoms with Gasteiger partial charge in [0.25, 0.3) is 11.8 Å². The number of benzene rings is 2. The zero-order valence-corrected chi connectivity index (χ0v) is 19.1. The maximum atomic E-state index is 12.5. The Morgan fingerprint density at radius 1 is 1.10 bits per heavy atom. The number of carbonyl (C=O) groups excluding carboxylic acids is 2. The number of methoxy groups -OCH3 is 1. The number of hydrogen-bond acceptors (Lipinski definition) is 6. The molecular formula is C20H24ClN3O6S. The van der Waals surface area contributed by atoms with E-state index in [4.69, 9.17) is 21.1 Å². The molecule has 0 radical (unpaired) electrons. The number of ether oxygens (including phenoxy) is 2. The Kier molecular flexibility index (Phi) is 8.26. The van der Waals surface area contributed by atoms with Crippen LogP contribution in [0.1, 0.15) is 29.8 Å². The van der Waals surface area contributed by atoms with Crippen LogP contribution in [0.5, 0.6) is 11.5 Å². The van der Waals surface area contributed by atoms with E-state index in [0.29, 0.717) is 10.8 Å². The van der Waals surface area contributed by atoms with Gasteiger partial charge in [-0.05, 0) is 62.7 Å². The quantitative estimate of drug-likeness (QED) is 0.509. The van der Waals surface area contributed by atoms with Gasteiger partial charge in [-0.2, -0.15) is 0 Å². The lowest BCUT2D eigenvalue weighted by Crippen LogP contribution is -2.43. The van der Waals surface area contributed by atoms with Gasteiger partial charge in [-0.25, -0.2) is 13.1 Å². The highest BCUT2D eigenvalue weighted by molar-refractivity contribution is 7.89. The molecule has 0 spiro atoms. The third kappa shape index (κ3) is 6.84. The zero-order chi connectivity index (χ0) is 23.2. The first-order valence-corrected chi connectivity index (χ1v) is 11.1. The van der Waals surface area contributed by atoms with Gasteiger partial charge in [0.15, 0.2) is 6.61 Å². The van der Waals surface area contributed by atoms with Crippen molar-refractivity contribution in [2.45, 2.75) is 31.7 Å². The average Bonchev–Trinajstić information content (AvgIpc) is 2.71. The van der Waals surface area contributed by atoms with Crippen LogP contribution in [0.25, 0.3) is 0 Å². The first-order valence-electron chi connectivity index (χ1n) is 9.22. The molecule has 11 heteroatoms. The standard InChI is InChI=1S/C20H24ClN3O6S/c1-12(2)24-31(27,28)18-10-14(5-8-17(18)29-4)20(26)23-22-19(25)11-30-15-6-7-16(21)13(3)9-15/h5-10,12,24H,11H2,1-4H3,(H,22,25)(H,23,26). The molecule has 168 valence electrons. The molecule has 0 atom stereocenters. The van der Waals surface area contributed by atoms with E-state index in [1.165, 1.54) is 19.2 Å². The van der Waals surface area contributed by atoms with Crippen molar-refractivity contribution in [3.8, 4) is 11.5 Å². The van der Waals surface area contributed by atoms with Crippen LogP contribution in [0.2, 0.25) is 5.02 Å². The smallest absolute Gasteiger partial charge is 0.276 e. The summed E-state index contributed by atoms with van der Waals surface area (Å²) in [5.41, 5.74) is 5.24. The number of rotatable bonds is 8. The fourth-order valence-electron chi connectivity index (χ4n) is 2.49. The van der Waals surface area contributed by atoms with E-state index in [0.717, 1.165) is 11.6 Å². The molecule has 2 aromatic carbocycles. The summed E-state index contributed by atoms with van der Waals surface area (Å²) in [5.74, 6) is -0.783. The van der Waals surface area contributed by atoms with Crippen LogP contribution >= 0.6 is 11.6 Å². The second-order valence-electron chi connectivity index (χ2n) is 6.84. The first-order chi connectivity index (χ1) is 14.5. The summed E-state index contributed by atoms with van der Waals surface area (Å²) in [5, 5.41) is 0.577. The Hall–Kier alpha value is -2.82. The minimum atomic E-state index is -3.91. The normalized spacial score (nSPS) is 11.2. The predicted molar refractivity (Wildman–Crippen MR) is 116 cm³/mol. The van der Waals surface area contributed by atoms with Crippen molar-refractivity contribution in [1.29, 1.82) is 0 Å². The van der Waals surface area contributed by atoms with Crippen molar-refractivity contribution in [3.05, 3.63) is 52.5 Å². The van der Waals surface area contributed by atoms with E-state index >= 15 is 0 Å². The largest absolute Gasteiger partial charge is 0.495 e. The third-order valence-electron chi connectivity index (χ3n) is 3.92. The van der Waals surface area contributed by atoms with Crippen LogP contribution in [0.3, 0.4) is 0 Å². The minimum absolute atomic E-state index is 0.0134. The lowest BCUT2D eigenvalue weighted by molar-refractivity contribution is -0.123. The lowest BCUT2D eigenvalue weighted by atomic mass is 10.2. The molecule has 0 bridgehead atoms. The predicted octanol–water partition coefficient (Wildman–Crippen LogP) is 2.18. The van der Waals surface area contributed by atoms with Gasteiger partial charge in [-0.15, -0.1) is 0 Å². The van der Waals surface area contributed by atoms with Gasteiger partial charge in [0, 0.05) is 16.6 Å². The van der Waals surface area contributed by atoms with E-state index in [2.05, 4.69) is 15.6 Å². The minimum Gasteiger partial charge on any atom is -0.495 e. The molecule has 0 aliphatic rings. The van der Waals surface area contributed by atoms with Crippen molar-refractivity contribution in [2.24, 2.45) is 0 Å². The van der Waals surface area contributed by atoms with Crippen molar-refractivity contribution in [3.63, 3.8) is 0 Å². The fraction of sp³-hybridized carbons (Fsp3) is 0.300. The molecule has 0 heterocycles. The molecule has 2 amide bonds. The number of amides is 2. The topological polar surface area (TPSA) is 123 Å². The highest BCUT2D eigenvalue weighted by Gasteiger charge is 2.22. The second-order valence-corrected chi connectivity index (χ2v) is 8.93. The number of hydrogen-bond donors (Lipinski definition) is 3. The molecule has 2 aromatic rings. The summed E-state index contributed by atoms with van der Waals surface area (Å²) in [4.78, 5) is 24.1. The average molecular weight is 470 g/mol. The Bertz CT molecular complexity index is 1070. The van der Waals surface area contributed by atoms with E-state index in [1.54, 1.807) is 39.0 Å². The van der Waals surface area contributed by atoms with Crippen LogP contribution in [0.4, 0.5) is 0 Å².